The molecule has 1 N–H and O–H groups in total. The summed E-state index contributed by atoms with van der Waals surface area (Å²) in [7, 11) is -3.44. The van der Waals surface area contributed by atoms with E-state index in [0.717, 1.165) is 19.3 Å². The summed E-state index contributed by atoms with van der Waals surface area (Å²) in [6, 6.07) is 3.55. The molecule has 27 heavy (non-hydrogen) atoms. The van der Waals surface area contributed by atoms with Gasteiger partial charge < -0.3 is 5.32 Å². The van der Waals surface area contributed by atoms with Crippen molar-refractivity contribution in [1.29, 1.82) is 0 Å². The number of pyridine rings is 1. The fourth-order valence-corrected chi connectivity index (χ4v) is 5.99. The third-order valence-electron chi connectivity index (χ3n) is 5.52. The zero-order valence-corrected chi connectivity index (χ0v) is 17.7. The summed E-state index contributed by atoms with van der Waals surface area (Å²) in [5, 5.41) is 3.56. The minimum absolute atomic E-state index is 0.0225. The Hall–Kier alpha value is -1.12. The first kappa shape index (κ1) is 20.6. The lowest BCUT2D eigenvalue weighted by Crippen LogP contribution is -2.44. The van der Waals surface area contributed by atoms with Gasteiger partial charge in [0.2, 0.25) is 15.9 Å². The van der Waals surface area contributed by atoms with Gasteiger partial charge in [0.25, 0.3) is 0 Å². The summed E-state index contributed by atoms with van der Waals surface area (Å²) in [6.45, 7) is 5.22. The van der Waals surface area contributed by atoms with Crippen molar-refractivity contribution in [2.45, 2.75) is 73.6 Å². The molecule has 0 radical (unpaired) electrons. The van der Waals surface area contributed by atoms with Crippen LogP contribution < -0.4 is 5.32 Å². The molecule has 8 heteroatoms. The molecule has 1 aromatic heterocycles. The SMILES string of the molecule is CC(Sc1ccc(S(=O)(=O)N2CCCC2)cn1)C(=O)NC1CCCCC1C. The molecule has 0 aromatic carbocycles. The molecule has 0 spiro atoms. The highest BCUT2D eigenvalue weighted by Gasteiger charge is 2.28. The van der Waals surface area contributed by atoms with E-state index < -0.39 is 10.0 Å². The van der Waals surface area contributed by atoms with Crippen LogP contribution in [0.3, 0.4) is 0 Å². The maximum absolute atomic E-state index is 12.5. The van der Waals surface area contributed by atoms with Crippen molar-refractivity contribution in [1.82, 2.24) is 14.6 Å². The standard InChI is InChI=1S/C19H29N3O3S2/c1-14-7-3-4-8-17(14)21-19(23)15(2)26-18-10-9-16(13-20-18)27(24,25)22-11-5-6-12-22/h9-10,13-15,17H,3-8,11-12H2,1-2H3,(H,21,23). The zero-order chi connectivity index (χ0) is 19.4. The van der Waals surface area contributed by atoms with E-state index >= 15 is 0 Å². The van der Waals surface area contributed by atoms with Gasteiger partial charge in [-0.25, -0.2) is 13.4 Å². The summed E-state index contributed by atoms with van der Waals surface area (Å²) in [5.74, 6) is 0.544. The van der Waals surface area contributed by atoms with Crippen LogP contribution in [0.1, 0.15) is 52.4 Å². The molecule has 6 nitrogen and oxygen atoms in total. The van der Waals surface area contributed by atoms with Gasteiger partial charge in [-0.05, 0) is 50.7 Å². The van der Waals surface area contributed by atoms with Gasteiger partial charge in [0.15, 0.2) is 0 Å². The zero-order valence-electron chi connectivity index (χ0n) is 16.1. The number of carbonyl (C=O) groups is 1. The number of aromatic nitrogens is 1. The van der Waals surface area contributed by atoms with Gasteiger partial charge in [0.1, 0.15) is 4.90 Å². The van der Waals surface area contributed by atoms with Crippen molar-refractivity contribution in [3.05, 3.63) is 18.3 Å². The molecule has 2 aliphatic rings. The molecular weight excluding hydrogens is 382 g/mol. The van der Waals surface area contributed by atoms with E-state index in [-0.39, 0.29) is 22.1 Å². The van der Waals surface area contributed by atoms with Crippen molar-refractivity contribution in [2.75, 3.05) is 13.1 Å². The normalized spacial score (nSPS) is 25.3. The summed E-state index contributed by atoms with van der Waals surface area (Å²) in [5.41, 5.74) is 0. The average molecular weight is 412 g/mol. The lowest BCUT2D eigenvalue weighted by Gasteiger charge is -2.30. The average Bonchev–Trinajstić information content (AvgIpc) is 3.19. The van der Waals surface area contributed by atoms with Crippen LogP contribution in [0, 0.1) is 5.92 Å². The van der Waals surface area contributed by atoms with E-state index in [0.29, 0.717) is 24.0 Å². The molecule has 1 saturated heterocycles. The molecule has 2 heterocycles. The van der Waals surface area contributed by atoms with Crippen LogP contribution in [-0.4, -0.2) is 48.0 Å². The Kier molecular flexibility index (Phi) is 6.81. The van der Waals surface area contributed by atoms with E-state index in [1.54, 1.807) is 12.1 Å². The number of rotatable bonds is 6. The fourth-order valence-electron chi connectivity index (χ4n) is 3.73. The Labute approximate surface area is 166 Å². The van der Waals surface area contributed by atoms with Crippen LogP contribution in [0.2, 0.25) is 0 Å². The fraction of sp³-hybridized carbons (Fsp3) is 0.684. The topological polar surface area (TPSA) is 79.4 Å². The number of nitrogens with zero attached hydrogens (tertiary/aromatic N) is 2. The van der Waals surface area contributed by atoms with Crippen LogP contribution in [0.5, 0.6) is 0 Å². The van der Waals surface area contributed by atoms with Crippen LogP contribution in [0.15, 0.2) is 28.3 Å². The smallest absolute Gasteiger partial charge is 0.244 e. The first-order chi connectivity index (χ1) is 12.9. The molecule has 3 atom stereocenters. The number of hydrogen-bond donors (Lipinski definition) is 1. The van der Waals surface area contributed by atoms with Crippen LogP contribution in [0.4, 0.5) is 0 Å². The highest BCUT2D eigenvalue weighted by atomic mass is 32.2. The minimum atomic E-state index is -3.44. The number of hydrogen-bond acceptors (Lipinski definition) is 5. The van der Waals surface area contributed by atoms with Crippen LogP contribution in [0.25, 0.3) is 0 Å². The lowest BCUT2D eigenvalue weighted by molar-refractivity contribution is -0.121. The summed E-state index contributed by atoms with van der Waals surface area (Å²) in [6.07, 6.45) is 7.86. The van der Waals surface area contributed by atoms with E-state index in [1.165, 1.54) is 41.5 Å². The molecule has 1 aliphatic heterocycles. The van der Waals surface area contributed by atoms with Crippen molar-refractivity contribution in [2.24, 2.45) is 5.92 Å². The quantitative estimate of drug-likeness (QED) is 0.728. The summed E-state index contributed by atoms with van der Waals surface area (Å²) >= 11 is 1.36. The molecule has 1 aromatic rings. The molecule has 150 valence electrons. The van der Waals surface area contributed by atoms with E-state index in [4.69, 9.17) is 0 Å². The number of carbonyl (C=O) groups excluding carboxylic acids is 1. The Balaban J connectivity index is 1.58. The van der Waals surface area contributed by atoms with Gasteiger partial charge in [-0.1, -0.05) is 31.5 Å². The van der Waals surface area contributed by atoms with Gasteiger partial charge in [-0.3, -0.25) is 4.79 Å². The third-order valence-corrected chi connectivity index (χ3v) is 8.45. The van der Waals surface area contributed by atoms with Gasteiger partial charge >= 0.3 is 0 Å². The molecule has 2 fully saturated rings. The second kappa shape index (κ2) is 8.92. The maximum atomic E-state index is 12.5. The Bertz CT molecular complexity index is 746. The second-order valence-corrected chi connectivity index (χ2v) is 10.9. The van der Waals surface area contributed by atoms with Gasteiger partial charge in [0.05, 0.1) is 10.3 Å². The largest absolute Gasteiger partial charge is 0.352 e. The Morgan fingerprint density at radius 1 is 1.22 bits per heavy atom. The van der Waals surface area contributed by atoms with E-state index in [1.807, 2.05) is 6.92 Å². The van der Waals surface area contributed by atoms with Crippen molar-refractivity contribution in [3.8, 4) is 0 Å². The first-order valence-corrected chi connectivity index (χ1v) is 12.1. The predicted molar refractivity (Wildman–Crippen MR) is 107 cm³/mol. The summed E-state index contributed by atoms with van der Waals surface area (Å²) in [4.78, 5) is 17.0. The molecule has 1 saturated carbocycles. The second-order valence-electron chi connectivity index (χ2n) is 7.58. The minimum Gasteiger partial charge on any atom is -0.352 e. The van der Waals surface area contributed by atoms with E-state index in [9.17, 15) is 13.2 Å². The molecule has 1 amide bonds. The number of nitrogens with one attached hydrogen (secondary N) is 1. The maximum Gasteiger partial charge on any atom is 0.244 e. The van der Waals surface area contributed by atoms with Gasteiger partial charge in [-0.15, -0.1) is 0 Å². The van der Waals surface area contributed by atoms with Crippen LogP contribution in [-0.2, 0) is 14.8 Å². The third kappa shape index (κ3) is 5.03. The highest BCUT2D eigenvalue weighted by Crippen LogP contribution is 2.27. The number of thioether (sulfide) groups is 1. The van der Waals surface area contributed by atoms with E-state index in [2.05, 4.69) is 17.2 Å². The molecule has 0 bridgehead atoms. The predicted octanol–water partition coefficient (Wildman–Crippen LogP) is 3.04. The number of amides is 1. The first-order valence-electron chi connectivity index (χ1n) is 9.81. The molecule has 1 aliphatic carbocycles. The summed E-state index contributed by atoms with van der Waals surface area (Å²) < 4.78 is 26.6. The lowest BCUT2D eigenvalue weighted by atomic mass is 9.86. The van der Waals surface area contributed by atoms with Crippen LogP contribution >= 0.6 is 11.8 Å². The highest BCUT2D eigenvalue weighted by molar-refractivity contribution is 8.00. The van der Waals surface area contributed by atoms with Crippen molar-refractivity contribution < 1.29 is 13.2 Å². The number of sulfonamides is 1. The van der Waals surface area contributed by atoms with Gasteiger partial charge in [-0.2, -0.15) is 4.31 Å². The van der Waals surface area contributed by atoms with Crippen molar-refractivity contribution in [3.63, 3.8) is 0 Å². The monoisotopic (exact) mass is 411 g/mol. The van der Waals surface area contributed by atoms with Crippen molar-refractivity contribution >= 4 is 27.7 Å². The Morgan fingerprint density at radius 3 is 2.56 bits per heavy atom. The molecule has 3 unspecified atom stereocenters. The van der Waals surface area contributed by atoms with Gasteiger partial charge in [0, 0.05) is 25.3 Å². The molecular formula is C19H29N3O3S2. The molecule has 3 rings (SSSR count). The Morgan fingerprint density at radius 2 is 1.93 bits per heavy atom.